The molecule has 0 fully saturated rings. The molecule has 0 amide bonds. The van der Waals surface area contributed by atoms with Crippen molar-refractivity contribution in [3.8, 4) is 5.69 Å². The summed E-state index contributed by atoms with van der Waals surface area (Å²) in [6.07, 6.45) is 0. The van der Waals surface area contributed by atoms with E-state index in [0.717, 1.165) is 28.2 Å². The van der Waals surface area contributed by atoms with Crippen LogP contribution < -0.4 is 5.32 Å². The van der Waals surface area contributed by atoms with Crippen LogP contribution in [0.5, 0.6) is 0 Å². The minimum absolute atomic E-state index is 0.0140. The van der Waals surface area contributed by atoms with E-state index in [-0.39, 0.29) is 6.04 Å². The molecular formula is C19H24ClN5O2. The van der Waals surface area contributed by atoms with Crippen LogP contribution in [0.15, 0.2) is 18.2 Å². The van der Waals surface area contributed by atoms with Crippen LogP contribution in [0.2, 0.25) is 5.02 Å². The Morgan fingerprint density at radius 3 is 2.44 bits per heavy atom. The van der Waals surface area contributed by atoms with E-state index in [4.69, 9.17) is 21.1 Å². The number of rotatable bonds is 7. The second kappa shape index (κ2) is 8.21. The van der Waals surface area contributed by atoms with Gasteiger partial charge in [-0.1, -0.05) is 22.9 Å². The molecule has 0 aliphatic heterocycles. The van der Waals surface area contributed by atoms with Gasteiger partial charge in [0, 0.05) is 19.9 Å². The number of halogens is 1. The van der Waals surface area contributed by atoms with Gasteiger partial charge in [-0.15, -0.1) is 5.10 Å². The standard InChI is InChI=1S/C19H24ClN5O2/c1-11-6-12(2)18(15(20)7-11)25-19-17(23-24-25)16(8-13(3)21-19)22-14(9-26-4)10-27-5/h6-8,14H,9-10H2,1-5H3,(H,21,22). The van der Waals surface area contributed by atoms with Gasteiger partial charge in [-0.2, -0.15) is 4.68 Å². The molecule has 0 saturated carbocycles. The molecule has 1 N–H and O–H groups in total. The van der Waals surface area contributed by atoms with Crippen LogP contribution in [0.4, 0.5) is 5.69 Å². The number of anilines is 1. The van der Waals surface area contributed by atoms with Crippen molar-refractivity contribution < 1.29 is 9.47 Å². The predicted octanol–water partition coefficient (Wildman–Crippen LogP) is 3.47. The smallest absolute Gasteiger partial charge is 0.186 e. The molecular weight excluding hydrogens is 366 g/mol. The molecule has 7 nitrogen and oxygen atoms in total. The fraction of sp³-hybridized carbons (Fsp3) is 0.421. The molecule has 2 heterocycles. The zero-order valence-electron chi connectivity index (χ0n) is 16.2. The number of hydrogen-bond donors (Lipinski definition) is 1. The SMILES string of the molecule is COCC(COC)Nc1cc(C)nc2c1nnn2-c1c(C)cc(C)cc1Cl. The van der Waals surface area contributed by atoms with Gasteiger partial charge in [0.25, 0.3) is 0 Å². The van der Waals surface area contributed by atoms with E-state index in [1.54, 1.807) is 18.9 Å². The van der Waals surface area contributed by atoms with E-state index in [0.29, 0.717) is 29.4 Å². The van der Waals surface area contributed by atoms with Gasteiger partial charge in [-0.05, 0) is 44.0 Å². The minimum Gasteiger partial charge on any atom is -0.382 e. The Hall–Kier alpha value is -2.22. The summed E-state index contributed by atoms with van der Waals surface area (Å²) in [4.78, 5) is 4.65. The molecule has 0 spiro atoms. The first kappa shape index (κ1) is 19.5. The Bertz CT molecular complexity index is 928. The number of nitrogens with one attached hydrogen (secondary N) is 1. The first-order valence-corrected chi connectivity index (χ1v) is 9.07. The molecule has 0 bridgehead atoms. The van der Waals surface area contributed by atoms with Gasteiger partial charge in [-0.25, -0.2) is 4.98 Å². The van der Waals surface area contributed by atoms with Gasteiger partial charge in [0.05, 0.1) is 35.7 Å². The second-order valence-electron chi connectivity index (χ2n) is 6.65. The van der Waals surface area contributed by atoms with E-state index >= 15 is 0 Å². The Kier molecular flexibility index (Phi) is 5.94. The number of aryl methyl sites for hydroxylation is 3. The zero-order valence-corrected chi connectivity index (χ0v) is 17.0. The number of nitrogens with zero attached hydrogens (tertiary/aromatic N) is 4. The summed E-state index contributed by atoms with van der Waals surface area (Å²) in [6, 6.07) is 5.92. The van der Waals surface area contributed by atoms with Crippen LogP contribution in [0, 0.1) is 20.8 Å². The lowest BCUT2D eigenvalue weighted by Gasteiger charge is -2.18. The van der Waals surface area contributed by atoms with Crippen molar-refractivity contribution in [1.29, 1.82) is 0 Å². The van der Waals surface area contributed by atoms with Crippen molar-refractivity contribution in [1.82, 2.24) is 20.0 Å². The Balaban J connectivity index is 2.11. The van der Waals surface area contributed by atoms with Gasteiger partial charge in [0.15, 0.2) is 11.2 Å². The van der Waals surface area contributed by atoms with E-state index in [1.807, 2.05) is 32.9 Å². The molecule has 3 aromatic rings. The molecule has 27 heavy (non-hydrogen) atoms. The van der Waals surface area contributed by atoms with E-state index in [1.165, 1.54) is 0 Å². The van der Waals surface area contributed by atoms with Gasteiger partial charge >= 0.3 is 0 Å². The molecule has 0 atom stereocenters. The fourth-order valence-electron chi connectivity index (χ4n) is 3.22. The highest BCUT2D eigenvalue weighted by Gasteiger charge is 2.19. The summed E-state index contributed by atoms with van der Waals surface area (Å²) in [5.41, 5.74) is 5.92. The second-order valence-corrected chi connectivity index (χ2v) is 7.06. The van der Waals surface area contributed by atoms with Crippen LogP contribution in [0.25, 0.3) is 16.9 Å². The van der Waals surface area contributed by atoms with Crippen molar-refractivity contribution in [2.45, 2.75) is 26.8 Å². The molecule has 0 saturated heterocycles. The first-order valence-electron chi connectivity index (χ1n) is 8.69. The van der Waals surface area contributed by atoms with Crippen molar-refractivity contribution >= 4 is 28.5 Å². The molecule has 0 radical (unpaired) electrons. The topological polar surface area (TPSA) is 74.1 Å². The highest BCUT2D eigenvalue weighted by Crippen LogP contribution is 2.29. The van der Waals surface area contributed by atoms with Gasteiger partial charge in [-0.3, -0.25) is 0 Å². The van der Waals surface area contributed by atoms with E-state index in [2.05, 4.69) is 26.7 Å². The molecule has 0 unspecified atom stereocenters. The summed E-state index contributed by atoms with van der Waals surface area (Å²) in [5, 5.41) is 12.7. The zero-order chi connectivity index (χ0) is 19.6. The Labute approximate surface area is 163 Å². The maximum Gasteiger partial charge on any atom is 0.186 e. The lowest BCUT2D eigenvalue weighted by Crippen LogP contribution is -2.29. The first-order chi connectivity index (χ1) is 12.9. The number of fused-ring (bicyclic) bond motifs is 1. The highest BCUT2D eigenvalue weighted by molar-refractivity contribution is 6.32. The number of benzene rings is 1. The van der Waals surface area contributed by atoms with E-state index in [9.17, 15) is 0 Å². The monoisotopic (exact) mass is 389 g/mol. The molecule has 8 heteroatoms. The number of methoxy groups -OCH3 is 2. The van der Waals surface area contributed by atoms with Crippen LogP contribution in [-0.4, -0.2) is 53.5 Å². The molecule has 2 aromatic heterocycles. The molecule has 0 aliphatic rings. The normalized spacial score (nSPS) is 11.5. The largest absolute Gasteiger partial charge is 0.382 e. The molecule has 3 rings (SSSR count). The van der Waals surface area contributed by atoms with Crippen molar-refractivity contribution in [3.63, 3.8) is 0 Å². The average Bonchev–Trinajstić information content (AvgIpc) is 2.98. The van der Waals surface area contributed by atoms with Crippen LogP contribution in [-0.2, 0) is 9.47 Å². The van der Waals surface area contributed by atoms with Crippen molar-refractivity contribution in [2.24, 2.45) is 0 Å². The molecule has 144 valence electrons. The summed E-state index contributed by atoms with van der Waals surface area (Å²) >= 11 is 6.51. The maximum atomic E-state index is 6.51. The summed E-state index contributed by atoms with van der Waals surface area (Å²) in [6.45, 7) is 6.97. The number of pyridine rings is 1. The van der Waals surface area contributed by atoms with E-state index < -0.39 is 0 Å². The number of aromatic nitrogens is 4. The highest BCUT2D eigenvalue weighted by atomic mass is 35.5. The summed E-state index contributed by atoms with van der Waals surface area (Å²) in [5.74, 6) is 0. The van der Waals surface area contributed by atoms with Crippen LogP contribution in [0.1, 0.15) is 16.8 Å². The van der Waals surface area contributed by atoms with Crippen molar-refractivity contribution in [2.75, 3.05) is 32.8 Å². The third-order valence-corrected chi connectivity index (χ3v) is 4.53. The third kappa shape index (κ3) is 4.05. The maximum absolute atomic E-state index is 6.51. The lowest BCUT2D eigenvalue weighted by molar-refractivity contribution is 0.126. The Morgan fingerprint density at radius 1 is 1.11 bits per heavy atom. The predicted molar refractivity (Wildman–Crippen MR) is 107 cm³/mol. The lowest BCUT2D eigenvalue weighted by atomic mass is 10.1. The number of hydrogen-bond acceptors (Lipinski definition) is 6. The molecule has 0 aliphatic carbocycles. The third-order valence-electron chi connectivity index (χ3n) is 4.24. The van der Waals surface area contributed by atoms with Gasteiger partial charge in [0.2, 0.25) is 0 Å². The summed E-state index contributed by atoms with van der Waals surface area (Å²) in [7, 11) is 3.33. The van der Waals surface area contributed by atoms with Gasteiger partial charge in [0.1, 0.15) is 0 Å². The number of ether oxygens (including phenoxy) is 2. The molecule has 1 aromatic carbocycles. The Morgan fingerprint density at radius 2 is 1.81 bits per heavy atom. The van der Waals surface area contributed by atoms with Crippen LogP contribution >= 0.6 is 11.6 Å². The van der Waals surface area contributed by atoms with Crippen molar-refractivity contribution in [3.05, 3.63) is 40.0 Å². The quantitative estimate of drug-likeness (QED) is 0.667. The minimum atomic E-state index is -0.0140. The summed E-state index contributed by atoms with van der Waals surface area (Å²) < 4.78 is 12.2. The van der Waals surface area contributed by atoms with Gasteiger partial charge < -0.3 is 14.8 Å². The van der Waals surface area contributed by atoms with Crippen LogP contribution in [0.3, 0.4) is 0 Å². The average molecular weight is 390 g/mol. The fourth-order valence-corrected chi connectivity index (χ4v) is 3.62.